The molecule has 2 nitrogen and oxygen atoms in total. The van der Waals surface area contributed by atoms with Gasteiger partial charge in [-0.15, -0.1) is 0 Å². The molecule has 0 aromatic rings. The minimum absolute atomic E-state index is 0.390. The molecule has 0 aromatic carbocycles. The van der Waals surface area contributed by atoms with Crippen LogP contribution in [0.25, 0.3) is 0 Å². The lowest BCUT2D eigenvalue weighted by molar-refractivity contribution is -0.0778. The monoisotopic (exact) mass is 171 g/mol. The molecule has 0 spiro atoms. The van der Waals surface area contributed by atoms with Gasteiger partial charge in [-0.1, -0.05) is 27.2 Å². The number of hydrogen-bond acceptors (Lipinski definition) is 2. The molecule has 1 heterocycles. The van der Waals surface area contributed by atoms with Crippen LogP contribution in [0.2, 0.25) is 0 Å². The SMILES string of the molecule is CCC(C)C1(O)CCNCC1C. The summed E-state index contributed by atoms with van der Waals surface area (Å²) in [4.78, 5) is 0. The van der Waals surface area contributed by atoms with Crippen LogP contribution in [0.1, 0.15) is 33.6 Å². The first-order valence-electron chi connectivity index (χ1n) is 5.04. The standard InChI is InChI=1S/C10H21NO/c1-4-8(2)10(12)5-6-11-7-9(10)3/h8-9,11-12H,4-7H2,1-3H3. The molecule has 0 aliphatic carbocycles. The number of aliphatic hydroxyl groups is 1. The van der Waals surface area contributed by atoms with E-state index in [0.717, 1.165) is 25.9 Å². The largest absolute Gasteiger partial charge is 0.389 e. The van der Waals surface area contributed by atoms with E-state index in [-0.39, 0.29) is 0 Å². The molecule has 3 unspecified atom stereocenters. The number of hydrogen-bond donors (Lipinski definition) is 2. The van der Waals surface area contributed by atoms with Crippen molar-refractivity contribution in [3.63, 3.8) is 0 Å². The molecular formula is C10H21NO. The van der Waals surface area contributed by atoms with Gasteiger partial charge in [-0.2, -0.15) is 0 Å². The van der Waals surface area contributed by atoms with E-state index in [4.69, 9.17) is 0 Å². The van der Waals surface area contributed by atoms with E-state index < -0.39 is 5.60 Å². The summed E-state index contributed by atoms with van der Waals surface area (Å²) in [5.41, 5.74) is -0.417. The number of rotatable bonds is 2. The molecule has 0 bridgehead atoms. The Morgan fingerprint density at radius 3 is 2.83 bits per heavy atom. The van der Waals surface area contributed by atoms with Crippen LogP contribution in [0.4, 0.5) is 0 Å². The maximum Gasteiger partial charge on any atom is 0.0722 e. The molecule has 1 aliphatic heterocycles. The van der Waals surface area contributed by atoms with Gasteiger partial charge in [0.15, 0.2) is 0 Å². The molecule has 72 valence electrons. The minimum atomic E-state index is -0.417. The van der Waals surface area contributed by atoms with Gasteiger partial charge >= 0.3 is 0 Å². The third-order valence-corrected chi connectivity index (χ3v) is 3.47. The fraction of sp³-hybridized carbons (Fsp3) is 1.00. The van der Waals surface area contributed by atoms with E-state index in [2.05, 4.69) is 26.1 Å². The van der Waals surface area contributed by atoms with Gasteiger partial charge in [-0.3, -0.25) is 0 Å². The minimum Gasteiger partial charge on any atom is -0.389 e. The molecule has 1 rings (SSSR count). The average Bonchev–Trinajstić information content (AvgIpc) is 2.09. The Labute approximate surface area is 75.4 Å². The lowest BCUT2D eigenvalue weighted by atomic mass is 9.73. The van der Waals surface area contributed by atoms with Crippen LogP contribution in [0.15, 0.2) is 0 Å². The zero-order valence-corrected chi connectivity index (χ0v) is 8.43. The Morgan fingerprint density at radius 2 is 2.33 bits per heavy atom. The second-order valence-corrected chi connectivity index (χ2v) is 4.16. The van der Waals surface area contributed by atoms with Crippen LogP contribution in [0.3, 0.4) is 0 Å². The maximum absolute atomic E-state index is 10.4. The molecule has 2 N–H and O–H groups in total. The van der Waals surface area contributed by atoms with Crippen molar-refractivity contribution in [2.75, 3.05) is 13.1 Å². The Bertz CT molecular complexity index is 143. The first-order chi connectivity index (χ1) is 5.61. The van der Waals surface area contributed by atoms with Crippen LogP contribution >= 0.6 is 0 Å². The third kappa shape index (κ3) is 1.64. The van der Waals surface area contributed by atoms with E-state index in [1.165, 1.54) is 0 Å². The Kier molecular flexibility index (Phi) is 3.13. The quantitative estimate of drug-likeness (QED) is 0.658. The van der Waals surface area contributed by atoms with Crippen molar-refractivity contribution < 1.29 is 5.11 Å². The second kappa shape index (κ2) is 3.75. The summed E-state index contributed by atoms with van der Waals surface area (Å²) in [5.74, 6) is 0.816. The van der Waals surface area contributed by atoms with Gasteiger partial charge < -0.3 is 10.4 Å². The van der Waals surface area contributed by atoms with Gasteiger partial charge in [0.1, 0.15) is 0 Å². The highest BCUT2D eigenvalue weighted by Crippen LogP contribution is 2.33. The smallest absolute Gasteiger partial charge is 0.0722 e. The Balaban J connectivity index is 2.65. The summed E-state index contributed by atoms with van der Waals surface area (Å²) in [6.45, 7) is 8.36. The van der Waals surface area contributed by atoms with Gasteiger partial charge in [0.25, 0.3) is 0 Å². The van der Waals surface area contributed by atoms with Gasteiger partial charge in [-0.05, 0) is 24.8 Å². The summed E-state index contributed by atoms with van der Waals surface area (Å²) in [6.07, 6.45) is 1.98. The zero-order chi connectivity index (χ0) is 9.19. The van der Waals surface area contributed by atoms with Gasteiger partial charge in [0, 0.05) is 6.54 Å². The Morgan fingerprint density at radius 1 is 1.67 bits per heavy atom. The lowest BCUT2D eigenvalue weighted by Crippen LogP contribution is -2.52. The summed E-state index contributed by atoms with van der Waals surface area (Å²) in [6, 6.07) is 0. The lowest BCUT2D eigenvalue weighted by Gasteiger charge is -2.42. The normalized spacial score (nSPS) is 39.5. The van der Waals surface area contributed by atoms with Crippen molar-refractivity contribution >= 4 is 0 Å². The van der Waals surface area contributed by atoms with Gasteiger partial charge in [0.2, 0.25) is 0 Å². The van der Waals surface area contributed by atoms with Crippen molar-refractivity contribution in [1.29, 1.82) is 0 Å². The molecule has 2 heteroatoms. The summed E-state index contributed by atoms with van der Waals surface area (Å²) in [5, 5.41) is 13.7. The summed E-state index contributed by atoms with van der Waals surface area (Å²) >= 11 is 0. The number of piperidine rings is 1. The predicted molar refractivity (Wildman–Crippen MR) is 51.1 cm³/mol. The van der Waals surface area contributed by atoms with Crippen molar-refractivity contribution in [1.82, 2.24) is 5.32 Å². The first-order valence-corrected chi connectivity index (χ1v) is 5.04. The molecule has 12 heavy (non-hydrogen) atoms. The predicted octanol–water partition coefficient (Wildman–Crippen LogP) is 1.39. The van der Waals surface area contributed by atoms with Crippen LogP contribution in [-0.2, 0) is 0 Å². The third-order valence-electron chi connectivity index (χ3n) is 3.47. The van der Waals surface area contributed by atoms with Crippen molar-refractivity contribution in [2.24, 2.45) is 11.8 Å². The van der Waals surface area contributed by atoms with Crippen molar-refractivity contribution in [3.05, 3.63) is 0 Å². The van der Waals surface area contributed by atoms with Crippen molar-refractivity contribution in [3.8, 4) is 0 Å². The van der Waals surface area contributed by atoms with Gasteiger partial charge in [-0.25, -0.2) is 0 Å². The highest BCUT2D eigenvalue weighted by Gasteiger charge is 2.39. The highest BCUT2D eigenvalue weighted by atomic mass is 16.3. The molecule has 0 aromatic heterocycles. The molecule has 0 saturated carbocycles. The molecule has 1 saturated heterocycles. The molecule has 3 atom stereocenters. The summed E-state index contributed by atoms with van der Waals surface area (Å²) in [7, 11) is 0. The fourth-order valence-electron chi connectivity index (χ4n) is 2.12. The fourth-order valence-corrected chi connectivity index (χ4v) is 2.12. The van der Waals surface area contributed by atoms with E-state index in [9.17, 15) is 5.11 Å². The van der Waals surface area contributed by atoms with Gasteiger partial charge in [0.05, 0.1) is 5.60 Å². The van der Waals surface area contributed by atoms with Crippen LogP contribution in [0, 0.1) is 11.8 Å². The highest BCUT2D eigenvalue weighted by molar-refractivity contribution is 4.92. The topological polar surface area (TPSA) is 32.3 Å². The Hall–Kier alpha value is -0.0800. The van der Waals surface area contributed by atoms with Crippen LogP contribution < -0.4 is 5.32 Å². The van der Waals surface area contributed by atoms with E-state index >= 15 is 0 Å². The number of nitrogens with one attached hydrogen (secondary N) is 1. The maximum atomic E-state index is 10.4. The molecule has 1 fully saturated rings. The second-order valence-electron chi connectivity index (χ2n) is 4.16. The first kappa shape index (κ1) is 10.0. The van der Waals surface area contributed by atoms with Crippen LogP contribution in [-0.4, -0.2) is 23.8 Å². The molecule has 1 aliphatic rings. The van der Waals surface area contributed by atoms with E-state index in [1.54, 1.807) is 0 Å². The molecular weight excluding hydrogens is 150 g/mol. The average molecular weight is 171 g/mol. The zero-order valence-electron chi connectivity index (χ0n) is 8.43. The van der Waals surface area contributed by atoms with Crippen molar-refractivity contribution in [2.45, 2.75) is 39.2 Å². The van der Waals surface area contributed by atoms with E-state index in [1.807, 2.05) is 0 Å². The van der Waals surface area contributed by atoms with E-state index in [0.29, 0.717) is 11.8 Å². The van der Waals surface area contributed by atoms with Crippen LogP contribution in [0.5, 0.6) is 0 Å². The molecule has 0 amide bonds. The summed E-state index contributed by atoms with van der Waals surface area (Å²) < 4.78 is 0. The molecule has 0 radical (unpaired) electrons.